The number of carbonyl (C=O) groups is 3. The van der Waals surface area contributed by atoms with Crippen LogP contribution in [0.5, 0.6) is 0 Å². The number of para-hydroxylation sites is 1. The molecule has 0 saturated carbocycles. The molecule has 0 unspecified atom stereocenters. The number of aromatic amines is 1. The molecule has 0 saturated heterocycles. The third-order valence-electron chi connectivity index (χ3n) is 6.73. The van der Waals surface area contributed by atoms with Crippen molar-refractivity contribution in [2.45, 2.75) is 26.4 Å². The van der Waals surface area contributed by atoms with Crippen LogP contribution in [0.4, 0.5) is 27.8 Å². The summed E-state index contributed by atoms with van der Waals surface area (Å²) in [5, 5.41) is 10.2. The molecule has 0 radical (unpaired) electrons. The topological polar surface area (TPSA) is 141 Å². The second-order valence-corrected chi connectivity index (χ2v) is 12.0. The van der Waals surface area contributed by atoms with Crippen molar-refractivity contribution in [2.75, 3.05) is 29.5 Å². The highest BCUT2D eigenvalue weighted by molar-refractivity contribution is 6.33. The van der Waals surface area contributed by atoms with Gasteiger partial charge in [-0.15, -0.1) is 0 Å². The van der Waals surface area contributed by atoms with Crippen LogP contribution in [0.3, 0.4) is 0 Å². The van der Waals surface area contributed by atoms with Gasteiger partial charge in [-0.3, -0.25) is 9.59 Å². The van der Waals surface area contributed by atoms with Crippen LogP contribution in [-0.4, -0.2) is 57.0 Å². The molecule has 3 amide bonds. The van der Waals surface area contributed by atoms with Gasteiger partial charge in [-0.25, -0.2) is 14.8 Å². The van der Waals surface area contributed by atoms with Crippen molar-refractivity contribution in [3.8, 4) is 11.3 Å². The maximum absolute atomic E-state index is 13.0. The molecule has 2 heterocycles. The number of hydrogen-bond acceptors (Lipinski definition) is 7. The Morgan fingerprint density at radius 2 is 1.70 bits per heavy atom. The summed E-state index contributed by atoms with van der Waals surface area (Å²) in [5.74, 6) is -0.350. The zero-order valence-corrected chi connectivity index (χ0v) is 27.1. The largest absolute Gasteiger partial charge is 0.444 e. The molecule has 47 heavy (non-hydrogen) atoms. The van der Waals surface area contributed by atoms with Gasteiger partial charge in [0.2, 0.25) is 11.9 Å². The number of carbonyl (C=O) groups excluding carboxylic acids is 3. The highest BCUT2D eigenvalue weighted by atomic mass is 35.5. The maximum atomic E-state index is 13.0. The van der Waals surface area contributed by atoms with Gasteiger partial charge in [0.05, 0.1) is 16.9 Å². The SMILES string of the molecule is CN(C/C=C/C(=O)Nc1ccc(C(=O)Nc2cccc(Nc3ncc(Cl)c(-c4c[nH]c5ccccc45)n3)c2)cc1)C(=O)OC(C)(C)C. The molecule has 5 aromatic rings. The Balaban J connectivity index is 1.16. The molecule has 240 valence electrons. The summed E-state index contributed by atoms with van der Waals surface area (Å²) in [4.78, 5) is 50.9. The van der Waals surface area contributed by atoms with Crippen molar-refractivity contribution in [3.05, 3.63) is 108 Å². The van der Waals surface area contributed by atoms with Crippen molar-refractivity contribution in [2.24, 2.45) is 0 Å². The highest BCUT2D eigenvalue weighted by Crippen LogP contribution is 2.33. The molecule has 0 aliphatic carbocycles. The van der Waals surface area contributed by atoms with Crippen molar-refractivity contribution in [1.82, 2.24) is 19.9 Å². The second-order valence-electron chi connectivity index (χ2n) is 11.6. The zero-order chi connectivity index (χ0) is 33.6. The molecule has 0 fully saturated rings. The minimum Gasteiger partial charge on any atom is -0.444 e. The average Bonchev–Trinajstić information content (AvgIpc) is 3.45. The summed E-state index contributed by atoms with van der Waals surface area (Å²) < 4.78 is 5.29. The van der Waals surface area contributed by atoms with E-state index in [0.717, 1.165) is 16.5 Å². The van der Waals surface area contributed by atoms with E-state index in [1.54, 1.807) is 82.6 Å². The third-order valence-corrected chi connectivity index (χ3v) is 7.01. The molecular formula is C35H34ClN7O4. The van der Waals surface area contributed by atoms with Gasteiger partial charge < -0.3 is 30.6 Å². The van der Waals surface area contributed by atoms with Crippen LogP contribution in [0.25, 0.3) is 22.2 Å². The number of aromatic nitrogens is 3. The van der Waals surface area contributed by atoms with Crippen LogP contribution >= 0.6 is 11.6 Å². The normalized spacial score (nSPS) is 11.3. The van der Waals surface area contributed by atoms with Gasteiger partial charge in [-0.05, 0) is 69.3 Å². The molecule has 0 aliphatic heterocycles. The Kier molecular flexibility index (Phi) is 9.86. The van der Waals surface area contributed by atoms with Crippen LogP contribution in [0.1, 0.15) is 31.1 Å². The first kappa shape index (κ1) is 32.7. The Bertz CT molecular complexity index is 1950. The van der Waals surface area contributed by atoms with E-state index in [9.17, 15) is 14.4 Å². The van der Waals surface area contributed by atoms with Crippen molar-refractivity contribution in [1.29, 1.82) is 0 Å². The van der Waals surface area contributed by atoms with E-state index >= 15 is 0 Å². The second kappa shape index (κ2) is 14.2. The van der Waals surface area contributed by atoms with E-state index in [-0.39, 0.29) is 18.4 Å². The molecule has 5 rings (SSSR count). The molecule has 2 aromatic heterocycles. The Labute approximate surface area is 277 Å². The van der Waals surface area contributed by atoms with Crippen LogP contribution in [-0.2, 0) is 9.53 Å². The van der Waals surface area contributed by atoms with E-state index in [4.69, 9.17) is 16.3 Å². The molecule has 4 N–H and O–H groups in total. The Hall–Kier alpha value is -5.68. The summed E-state index contributed by atoms with van der Waals surface area (Å²) in [6, 6.07) is 21.5. The summed E-state index contributed by atoms with van der Waals surface area (Å²) in [7, 11) is 1.59. The fourth-order valence-electron chi connectivity index (χ4n) is 4.51. The lowest BCUT2D eigenvalue weighted by molar-refractivity contribution is -0.111. The van der Waals surface area contributed by atoms with Gasteiger partial charge in [0, 0.05) is 65.0 Å². The lowest BCUT2D eigenvalue weighted by Crippen LogP contribution is -2.34. The van der Waals surface area contributed by atoms with E-state index in [1.165, 1.54) is 11.0 Å². The number of amides is 3. The van der Waals surface area contributed by atoms with E-state index in [1.807, 2.05) is 36.5 Å². The molecule has 12 heteroatoms. The number of rotatable bonds is 9. The highest BCUT2D eigenvalue weighted by Gasteiger charge is 2.19. The predicted molar refractivity (Wildman–Crippen MR) is 185 cm³/mol. The lowest BCUT2D eigenvalue weighted by atomic mass is 10.1. The van der Waals surface area contributed by atoms with Gasteiger partial charge in [0.1, 0.15) is 5.60 Å². The molecular weight excluding hydrogens is 618 g/mol. The lowest BCUT2D eigenvalue weighted by Gasteiger charge is -2.23. The summed E-state index contributed by atoms with van der Waals surface area (Å²) in [6.07, 6.45) is 5.83. The number of likely N-dealkylation sites (N-methyl/N-ethyl adjacent to an activating group) is 1. The summed E-state index contributed by atoms with van der Waals surface area (Å²) in [5.41, 5.74) is 3.97. The first-order valence-corrected chi connectivity index (χ1v) is 15.1. The minimum atomic E-state index is -0.602. The molecule has 11 nitrogen and oxygen atoms in total. The molecule has 0 spiro atoms. The number of benzene rings is 3. The van der Waals surface area contributed by atoms with Crippen LogP contribution in [0, 0.1) is 0 Å². The molecule has 0 atom stereocenters. The Morgan fingerprint density at radius 1 is 0.957 bits per heavy atom. The Morgan fingerprint density at radius 3 is 2.47 bits per heavy atom. The van der Waals surface area contributed by atoms with Crippen LogP contribution in [0.15, 0.2) is 97.3 Å². The fourth-order valence-corrected chi connectivity index (χ4v) is 4.70. The number of ether oxygens (including phenoxy) is 1. The fraction of sp³-hybridized carbons (Fsp3) is 0.171. The smallest absolute Gasteiger partial charge is 0.410 e. The summed E-state index contributed by atoms with van der Waals surface area (Å²) >= 11 is 6.47. The monoisotopic (exact) mass is 651 g/mol. The van der Waals surface area contributed by atoms with Crippen LogP contribution in [0.2, 0.25) is 5.02 Å². The van der Waals surface area contributed by atoms with E-state index in [2.05, 4.69) is 30.9 Å². The summed E-state index contributed by atoms with van der Waals surface area (Å²) in [6.45, 7) is 5.56. The van der Waals surface area contributed by atoms with Crippen LogP contribution < -0.4 is 16.0 Å². The number of anilines is 4. The number of nitrogens with zero attached hydrogens (tertiary/aromatic N) is 3. The number of hydrogen-bond donors (Lipinski definition) is 4. The molecule has 0 bridgehead atoms. The van der Waals surface area contributed by atoms with Crippen molar-refractivity contribution >= 4 is 63.4 Å². The number of nitrogens with one attached hydrogen (secondary N) is 4. The molecule has 3 aromatic carbocycles. The number of halogens is 1. The van der Waals surface area contributed by atoms with E-state index in [0.29, 0.717) is 39.3 Å². The minimum absolute atomic E-state index is 0.205. The number of H-pyrrole nitrogens is 1. The zero-order valence-electron chi connectivity index (χ0n) is 26.3. The first-order chi connectivity index (χ1) is 22.4. The molecule has 0 aliphatic rings. The first-order valence-electron chi connectivity index (χ1n) is 14.7. The van der Waals surface area contributed by atoms with Gasteiger partial charge in [0.25, 0.3) is 5.91 Å². The predicted octanol–water partition coefficient (Wildman–Crippen LogP) is 7.64. The van der Waals surface area contributed by atoms with Gasteiger partial charge >= 0.3 is 6.09 Å². The maximum Gasteiger partial charge on any atom is 0.410 e. The van der Waals surface area contributed by atoms with Crippen molar-refractivity contribution in [3.63, 3.8) is 0 Å². The van der Waals surface area contributed by atoms with Gasteiger partial charge in [-0.2, -0.15) is 0 Å². The quantitative estimate of drug-likeness (QED) is 0.120. The average molecular weight is 652 g/mol. The van der Waals surface area contributed by atoms with E-state index < -0.39 is 11.7 Å². The van der Waals surface area contributed by atoms with Gasteiger partial charge in [-0.1, -0.05) is 41.9 Å². The van der Waals surface area contributed by atoms with Gasteiger partial charge in [0.15, 0.2) is 0 Å². The van der Waals surface area contributed by atoms with Crippen molar-refractivity contribution < 1.29 is 19.1 Å². The third kappa shape index (κ3) is 8.74. The standard InChI is InChI=1S/C35H34ClN7O4/c1-35(2,3)47-34(46)43(4)18-8-13-30(44)39-23-16-14-22(15-17-23)32(45)40-24-9-7-10-25(19-24)41-33-38-21-28(36)31(42-33)27-20-37-29-12-6-5-11-26(27)29/h5-17,19-21,37H,18H2,1-4H3,(H,39,44)(H,40,45)(H,38,41,42)/b13-8+. The number of fused-ring (bicyclic) bond motifs is 1.